The Morgan fingerprint density at radius 3 is 2.53 bits per heavy atom. The van der Waals surface area contributed by atoms with Gasteiger partial charge in [-0.05, 0) is 75.1 Å². The fourth-order valence-corrected chi connectivity index (χ4v) is 6.50. The van der Waals surface area contributed by atoms with E-state index in [9.17, 15) is 14.8 Å². The van der Waals surface area contributed by atoms with E-state index in [-0.39, 0.29) is 28.8 Å². The third-order valence-corrected chi connectivity index (χ3v) is 9.20. The topological polar surface area (TPSA) is 115 Å². The molecule has 5 aromatic rings. The van der Waals surface area contributed by atoms with E-state index >= 15 is 0 Å². The highest BCUT2D eigenvalue weighted by Gasteiger charge is 2.29. The molecule has 47 heavy (non-hydrogen) atoms. The van der Waals surface area contributed by atoms with Crippen LogP contribution in [0.2, 0.25) is 10.0 Å². The van der Waals surface area contributed by atoms with Crippen molar-refractivity contribution in [2.75, 3.05) is 23.7 Å². The molecule has 0 spiro atoms. The number of likely N-dealkylation sites (tertiary alicyclic amines) is 1. The monoisotopic (exact) mass is 672 g/mol. The van der Waals surface area contributed by atoms with Gasteiger partial charge in [-0.2, -0.15) is 5.26 Å². The van der Waals surface area contributed by atoms with E-state index in [4.69, 9.17) is 23.2 Å². The van der Waals surface area contributed by atoms with Gasteiger partial charge >= 0.3 is 0 Å². The highest BCUT2D eigenvalue weighted by molar-refractivity contribution is 6.36. The molecule has 1 aliphatic heterocycles. The number of aromatic nitrogens is 4. The highest BCUT2D eigenvalue weighted by Crippen LogP contribution is 2.37. The number of aliphatic hydroxyl groups excluding tert-OH is 1. The van der Waals surface area contributed by atoms with E-state index in [2.05, 4.69) is 57.7 Å². The Morgan fingerprint density at radius 1 is 1.06 bits per heavy atom. The fourth-order valence-electron chi connectivity index (χ4n) is 6.05. The van der Waals surface area contributed by atoms with E-state index in [1.807, 2.05) is 41.2 Å². The number of anilines is 3. The lowest BCUT2D eigenvalue weighted by atomic mass is 9.98. The fraction of sp³-hybridized carbons (Fsp3) is 0.314. The molecular formula is C35H35Cl2FN8O. The van der Waals surface area contributed by atoms with Crippen LogP contribution >= 0.6 is 23.2 Å². The van der Waals surface area contributed by atoms with Crippen molar-refractivity contribution in [2.24, 2.45) is 0 Å². The average molecular weight is 674 g/mol. The van der Waals surface area contributed by atoms with Crippen LogP contribution in [0.4, 0.5) is 21.5 Å². The first-order valence-corrected chi connectivity index (χ1v) is 16.2. The van der Waals surface area contributed by atoms with Gasteiger partial charge in [0, 0.05) is 41.6 Å². The van der Waals surface area contributed by atoms with Crippen LogP contribution < -0.4 is 10.6 Å². The maximum absolute atomic E-state index is 13.9. The van der Waals surface area contributed by atoms with Gasteiger partial charge in [-0.15, -0.1) is 5.10 Å². The van der Waals surface area contributed by atoms with Crippen LogP contribution in [-0.2, 0) is 6.61 Å². The van der Waals surface area contributed by atoms with Crippen molar-refractivity contribution in [1.82, 2.24) is 24.9 Å². The Kier molecular flexibility index (Phi) is 9.35. The molecule has 1 saturated heterocycles. The number of aliphatic hydroxyl groups is 1. The molecule has 3 N–H and O–H groups in total. The lowest BCUT2D eigenvalue weighted by molar-refractivity contribution is 0.0866. The predicted octanol–water partition coefficient (Wildman–Crippen LogP) is 8.02. The Hall–Kier alpha value is -4.27. The zero-order valence-electron chi connectivity index (χ0n) is 26.3. The van der Waals surface area contributed by atoms with E-state index in [1.165, 1.54) is 18.3 Å². The van der Waals surface area contributed by atoms with Crippen molar-refractivity contribution in [3.05, 3.63) is 105 Å². The van der Waals surface area contributed by atoms with Crippen LogP contribution in [0.5, 0.6) is 0 Å². The summed E-state index contributed by atoms with van der Waals surface area (Å²) in [6.07, 6.45) is 5.38. The van der Waals surface area contributed by atoms with Crippen molar-refractivity contribution in [2.45, 2.75) is 57.8 Å². The molecule has 9 nitrogen and oxygen atoms in total. The molecule has 0 saturated carbocycles. The van der Waals surface area contributed by atoms with Gasteiger partial charge in [0.05, 0.1) is 51.7 Å². The third kappa shape index (κ3) is 7.04. The molecule has 1 fully saturated rings. The number of pyridine rings is 1. The van der Waals surface area contributed by atoms with Gasteiger partial charge in [-0.3, -0.25) is 9.88 Å². The van der Waals surface area contributed by atoms with E-state index in [0.717, 1.165) is 37.1 Å². The van der Waals surface area contributed by atoms with E-state index in [0.29, 0.717) is 38.7 Å². The molecule has 2 aromatic heterocycles. The number of benzene rings is 3. The quantitative estimate of drug-likeness (QED) is 0.152. The van der Waals surface area contributed by atoms with Gasteiger partial charge in [0.25, 0.3) is 0 Å². The molecule has 242 valence electrons. The molecular weight excluding hydrogens is 638 g/mol. The van der Waals surface area contributed by atoms with Crippen molar-refractivity contribution in [3.8, 4) is 6.07 Å². The zero-order chi connectivity index (χ0) is 33.3. The van der Waals surface area contributed by atoms with Gasteiger partial charge in [0.1, 0.15) is 17.6 Å². The summed E-state index contributed by atoms with van der Waals surface area (Å²) in [6.45, 7) is 8.59. The number of rotatable bonds is 8. The van der Waals surface area contributed by atoms with Crippen LogP contribution in [0, 0.1) is 17.1 Å². The Bertz CT molecular complexity index is 1960. The number of nitriles is 1. The largest absolute Gasteiger partial charge is 0.392 e. The summed E-state index contributed by atoms with van der Waals surface area (Å²) in [5.41, 5.74) is 4.83. The first kappa shape index (κ1) is 32.7. The second kappa shape index (κ2) is 13.5. The molecule has 0 amide bonds. The van der Waals surface area contributed by atoms with E-state index < -0.39 is 11.9 Å². The Labute approximate surface area is 282 Å². The van der Waals surface area contributed by atoms with Crippen LogP contribution in [0.15, 0.2) is 67.0 Å². The second-order valence-corrected chi connectivity index (χ2v) is 13.6. The van der Waals surface area contributed by atoms with Crippen LogP contribution in [0.1, 0.15) is 68.1 Å². The average Bonchev–Trinajstić information content (AvgIpc) is 3.55. The van der Waals surface area contributed by atoms with Gasteiger partial charge < -0.3 is 15.7 Å². The minimum atomic E-state index is -0.546. The molecule has 12 heteroatoms. The minimum absolute atomic E-state index is 0.0481. The van der Waals surface area contributed by atoms with Gasteiger partial charge in [0.2, 0.25) is 0 Å². The maximum atomic E-state index is 13.9. The summed E-state index contributed by atoms with van der Waals surface area (Å²) < 4.78 is 15.8. The molecule has 3 aromatic carbocycles. The lowest BCUT2D eigenvalue weighted by Gasteiger charge is -2.40. The van der Waals surface area contributed by atoms with Crippen molar-refractivity contribution < 1.29 is 9.50 Å². The zero-order valence-corrected chi connectivity index (χ0v) is 27.8. The van der Waals surface area contributed by atoms with Crippen molar-refractivity contribution in [1.29, 1.82) is 5.26 Å². The smallest absolute Gasteiger partial charge is 0.141 e. The first-order chi connectivity index (χ1) is 22.5. The van der Waals surface area contributed by atoms with Gasteiger partial charge in [-0.1, -0.05) is 52.7 Å². The molecule has 0 aliphatic carbocycles. The molecule has 1 unspecified atom stereocenters. The number of hydrogen-bond donors (Lipinski definition) is 3. The number of halogens is 3. The molecule has 6 rings (SSSR count). The molecule has 0 radical (unpaired) electrons. The Morgan fingerprint density at radius 2 is 1.83 bits per heavy atom. The second-order valence-electron chi connectivity index (χ2n) is 12.8. The normalized spacial score (nSPS) is 15.0. The number of hydrogen-bond acceptors (Lipinski definition) is 8. The van der Waals surface area contributed by atoms with Crippen LogP contribution in [0.3, 0.4) is 0 Å². The third-order valence-electron chi connectivity index (χ3n) is 8.62. The van der Waals surface area contributed by atoms with E-state index in [1.54, 1.807) is 12.1 Å². The highest BCUT2D eigenvalue weighted by atomic mass is 35.5. The Balaban J connectivity index is 1.37. The summed E-state index contributed by atoms with van der Waals surface area (Å²) in [4.78, 5) is 6.95. The summed E-state index contributed by atoms with van der Waals surface area (Å²) in [5.74, 6) is -0.546. The summed E-state index contributed by atoms with van der Waals surface area (Å²) in [7, 11) is 0. The molecule has 1 atom stereocenters. The minimum Gasteiger partial charge on any atom is -0.392 e. The molecule has 3 heterocycles. The predicted molar refractivity (Wildman–Crippen MR) is 184 cm³/mol. The number of fused-ring (bicyclic) bond motifs is 1. The lowest BCUT2D eigenvalue weighted by Crippen LogP contribution is -2.46. The summed E-state index contributed by atoms with van der Waals surface area (Å²) >= 11 is 12.8. The number of piperidine rings is 1. The van der Waals surface area contributed by atoms with Crippen molar-refractivity contribution in [3.63, 3.8) is 0 Å². The van der Waals surface area contributed by atoms with Crippen molar-refractivity contribution >= 4 is 51.2 Å². The SMILES string of the molecule is CC(C)(C)N1CCC(n2cc(C(Nc3cc(Cl)c4ncc(C#N)c(Nc5ccc(F)c(Cl)c5)c4c3)c3cccc(CO)c3)nn2)CC1. The van der Waals surface area contributed by atoms with Gasteiger partial charge in [-0.25, -0.2) is 9.07 Å². The van der Waals surface area contributed by atoms with Crippen LogP contribution in [0.25, 0.3) is 10.9 Å². The maximum Gasteiger partial charge on any atom is 0.141 e. The number of nitrogens with one attached hydrogen (secondary N) is 2. The van der Waals surface area contributed by atoms with Gasteiger partial charge in [0.15, 0.2) is 0 Å². The molecule has 1 aliphatic rings. The van der Waals surface area contributed by atoms with Crippen LogP contribution in [-0.4, -0.2) is 48.6 Å². The molecule has 0 bridgehead atoms. The summed E-state index contributed by atoms with van der Waals surface area (Å²) in [6, 6.07) is 17.5. The first-order valence-electron chi connectivity index (χ1n) is 15.4. The summed E-state index contributed by atoms with van der Waals surface area (Å²) in [5, 5.41) is 36.7. The standard InChI is InChI=1S/C35H35Cl2FN8O/c1-35(2,3)45-11-9-26(10-12-45)46-19-31(43-44-46)33(22-6-4-5-21(13-22)20-47)42-25-14-27-32(41-24-7-8-30(38)28(36)15-24)23(17-39)18-40-34(27)29(37)16-25/h4-8,13-16,18-19,26,33,42,47H,9-12,20H2,1-3H3,(H,40,41). The number of nitrogens with zero attached hydrogens (tertiary/aromatic N) is 6.